The summed E-state index contributed by atoms with van der Waals surface area (Å²) >= 11 is 0. The lowest BCUT2D eigenvalue weighted by molar-refractivity contribution is 0.299. The molecule has 0 spiro atoms. The van der Waals surface area contributed by atoms with Gasteiger partial charge in [-0.15, -0.1) is 0 Å². The van der Waals surface area contributed by atoms with Crippen LogP contribution in [0, 0.1) is 0 Å². The van der Waals surface area contributed by atoms with Gasteiger partial charge in [0.15, 0.2) is 34.9 Å². The zero-order valence-electron chi connectivity index (χ0n) is 51.1. The predicted molar refractivity (Wildman–Crippen MR) is 364 cm³/mol. The van der Waals surface area contributed by atoms with Crippen LogP contribution >= 0.6 is 0 Å². The van der Waals surface area contributed by atoms with Crippen molar-refractivity contribution in [1.82, 2.24) is 29.9 Å². The number of rotatable bonds is 8. The molecule has 426 valence electrons. The number of benzene rings is 11. The molecule has 13 aromatic rings. The molecule has 2 heterocycles. The van der Waals surface area contributed by atoms with Crippen molar-refractivity contribution in [2.75, 3.05) is 0 Å². The third-order valence-corrected chi connectivity index (χ3v) is 19.6. The van der Waals surface area contributed by atoms with Crippen LogP contribution in [0.1, 0.15) is 77.6 Å². The Hall–Kier alpha value is -10.3. The maximum atomic E-state index is 5.12. The van der Waals surface area contributed by atoms with E-state index in [0.717, 1.165) is 38.8 Å². The van der Waals surface area contributed by atoms with Crippen molar-refractivity contribution >= 4 is 10.8 Å². The summed E-state index contributed by atoms with van der Waals surface area (Å²) in [7, 11) is 0. The first kappa shape index (κ1) is 55.6. The molecule has 0 saturated carbocycles. The van der Waals surface area contributed by atoms with Crippen molar-refractivity contribution in [2.24, 2.45) is 0 Å². The summed E-state index contributed by atoms with van der Waals surface area (Å²) in [4.78, 5) is 30.1. The summed E-state index contributed by atoms with van der Waals surface area (Å²) in [5, 5.41) is 2.35. The van der Waals surface area contributed by atoms with Crippen molar-refractivity contribution in [3.05, 3.63) is 289 Å². The number of aromatic nitrogens is 6. The summed E-state index contributed by atoms with van der Waals surface area (Å²) in [5.41, 5.74) is 20.9. The molecule has 2 aromatic heterocycles. The SMILES string of the molecule is CC1(C)c2ccc(-c3ccccc3)cc2-c2cc(-c3nc(-c4ccccc4)nc(-c4ccc5ccccc5c4)n3)ccc2C1(C)C.CC1(C)c2ccc(-c3ccccc3)cc2-c2cc(-c3nc(-c4ccccc4)nc(-c4ccccc4)n3)ccc2C1(C)C. The van der Waals surface area contributed by atoms with Gasteiger partial charge in [0.2, 0.25) is 0 Å². The minimum atomic E-state index is -0.0906. The molecule has 0 amide bonds. The molecule has 6 heteroatoms. The van der Waals surface area contributed by atoms with E-state index in [9.17, 15) is 0 Å². The molecule has 0 bridgehead atoms. The van der Waals surface area contributed by atoms with E-state index in [0.29, 0.717) is 34.9 Å². The van der Waals surface area contributed by atoms with E-state index in [1.807, 2.05) is 78.9 Å². The van der Waals surface area contributed by atoms with Crippen molar-refractivity contribution in [3.63, 3.8) is 0 Å². The van der Waals surface area contributed by atoms with E-state index in [2.05, 4.69) is 243 Å². The molecule has 0 saturated heterocycles. The van der Waals surface area contributed by atoms with Crippen LogP contribution in [0.2, 0.25) is 0 Å². The molecule has 0 aliphatic heterocycles. The normalized spacial score (nSPS) is 14.5. The highest BCUT2D eigenvalue weighted by Gasteiger charge is 2.47. The van der Waals surface area contributed by atoms with Crippen LogP contribution in [-0.4, -0.2) is 29.9 Å². The first-order valence-electron chi connectivity index (χ1n) is 30.5. The molecular weight excluding hydrogens is 1070 g/mol. The lowest BCUT2D eigenvalue weighted by atomic mass is 9.55. The van der Waals surface area contributed by atoms with Crippen molar-refractivity contribution in [1.29, 1.82) is 0 Å². The topological polar surface area (TPSA) is 77.3 Å². The average molecular weight is 1140 g/mol. The fourth-order valence-corrected chi connectivity index (χ4v) is 13.1. The Morgan fingerprint density at radius 2 is 0.409 bits per heavy atom. The maximum Gasteiger partial charge on any atom is 0.164 e. The Kier molecular flexibility index (Phi) is 13.8. The fraction of sp³-hybridized carbons (Fsp3) is 0.146. The van der Waals surface area contributed by atoms with Crippen LogP contribution in [0.5, 0.6) is 0 Å². The van der Waals surface area contributed by atoms with Gasteiger partial charge in [0.1, 0.15) is 0 Å². The second kappa shape index (κ2) is 21.9. The monoisotopic (exact) mass is 1140 g/mol. The standard InChI is InChI=1S/C43H35N3.C39H33N3/c1-42(2)37-23-21-32(28-13-7-5-8-14-28)26-35(37)36-27-34(22-24-38(36)43(42,3)4)41-45-39(30-16-9-6-10-17-30)44-40(46-41)33-20-19-29-15-11-12-18-31(29)25-33;1-38(2)33-22-20-29(26-14-8-5-9-15-26)24-31(33)32-25-30(21-23-34(32)39(38,3)4)37-41-35(27-16-10-6-11-17-27)40-36(42-37)28-18-12-7-13-19-28/h5-27H,1-4H3;5-25H,1-4H3. The van der Waals surface area contributed by atoms with E-state index in [1.54, 1.807) is 0 Å². The zero-order chi connectivity index (χ0) is 60.4. The molecule has 88 heavy (non-hydrogen) atoms. The van der Waals surface area contributed by atoms with Gasteiger partial charge in [-0.2, -0.15) is 0 Å². The predicted octanol–water partition coefficient (Wildman–Crippen LogP) is 20.7. The Bertz CT molecular complexity index is 4710. The minimum Gasteiger partial charge on any atom is -0.208 e. The maximum absolute atomic E-state index is 5.12. The molecule has 15 rings (SSSR count). The van der Waals surface area contributed by atoms with Gasteiger partial charge in [0, 0.05) is 33.4 Å². The van der Waals surface area contributed by atoms with Crippen LogP contribution in [0.15, 0.2) is 267 Å². The van der Waals surface area contributed by atoms with Gasteiger partial charge in [-0.3, -0.25) is 0 Å². The molecule has 0 atom stereocenters. The Morgan fingerprint density at radius 3 is 0.727 bits per heavy atom. The van der Waals surface area contributed by atoms with Crippen LogP contribution < -0.4 is 0 Å². The average Bonchev–Trinajstić information content (AvgIpc) is 0.745. The fourth-order valence-electron chi connectivity index (χ4n) is 13.1. The smallest absolute Gasteiger partial charge is 0.164 e. The number of hydrogen-bond acceptors (Lipinski definition) is 6. The van der Waals surface area contributed by atoms with Gasteiger partial charge in [0.05, 0.1) is 0 Å². The minimum absolute atomic E-state index is 0.0554. The molecule has 2 aliphatic rings. The highest BCUT2D eigenvalue weighted by Crippen LogP contribution is 2.57. The van der Waals surface area contributed by atoms with E-state index in [-0.39, 0.29) is 21.7 Å². The summed E-state index contributed by atoms with van der Waals surface area (Å²) < 4.78 is 0. The number of fused-ring (bicyclic) bond motifs is 7. The van der Waals surface area contributed by atoms with Crippen molar-refractivity contribution in [2.45, 2.75) is 77.0 Å². The second-order valence-electron chi connectivity index (χ2n) is 25.5. The van der Waals surface area contributed by atoms with Gasteiger partial charge < -0.3 is 0 Å². The van der Waals surface area contributed by atoms with Gasteiger partial charge in [-0.05, 0) is 130 Å². The van der Waals surface area contributed by atoms with Gasteiger partial charge >= 0.3 is 0 Å². The molecule has 11 aromatic carbocycles. The lowest BCUT2D eigenvalue weighted by Gasteiger charge is -2.48. The molecule has 0 fully saturated rings. The van der Waals surface area contributed by atoms with Gasteiger partial charge in [-0.1, -0.05) is 292 Å². The van der Waals surface area contributed by atoms with Gasteiger partial charge in [-0.25, -0.2) is 29.9 Å². The van der Waals surface area contributed by atoms with E-state index >= 15 is 0 Å². The Morgan fingerprint density at radius 1 is 0.182 bits per heavy atom. The summed E-state index contributed by atoms with van der Waals surface area (Å²) in [6.07, 6.45) is 0. The summed E-state index contributed by atoms with van der Waals surface area (Å²) in [6.45, 7) is 19.0. The molecule has 0 unspecified atom stereocenters. The third kappa shape index (κ3) is 9.79. The van der Waals surface area contributed by atoms with Crippen LogP contribution in [0.3, 0.4) is 0 Å². The van der Waals surface area contributed by atoms with E-state index < -0.39 is 0 Å². The summed E-state index contributed by atoms with van der Waals surface area (Å²) in [5.74, 6) is 4.02. The van der Waals surface area contributed by atoms with Gasteiger partial charge in [0.25, 0.3) is 0 Å². The molecular formula is C82H68N6. The van der Waals surface area contributed by atoms with Crippen LogP contribution in [-0.2, 0) is 21.7 Å². The lowest BCUT2D eigenvalue weighted by Crippen LogP contribution is -2.43. The highest BCUT2D eigenvalue weighted by molar-refractivity contribution is 5.89. The third-order valence-electron chi connectivity index (χ3n) is 19.6. The Labute approximate surface area is 516 Å². The molecule has 0 radical (unpaired) electrons. The Balaban J connectivity index is 0.000000155. The van der Waals surface area contributed by atoms with Crippen molar-refractivity contribution < 1.29 is 0 Å². The summed E-state index contributed by atoms with van der Waals surface area (Å²) in [6, 6.07) is 94.0. The highest BCUT2D eigenvalue weighted by atomic mass is 15.0. The quantitative estimate of drug-likeness (QED) is 0.151. The molecule has 6 nitrogen and oxygen atoms in total. The largest absolute Gasteiger partial charge is 0.208 e. The number of nitrogens with zero attached hydrogens (tertiary/aromatic N) is 6. The van der Waals surface area contributed by atoms with Crippen LogP contribution in [0.25, 0.3) is 124 Å². The number of hydrogen-bond donors (Lipinski definition) is 0. The van der Waals surface area contributed by atoms with Crippen LogP contribution in [0.4, 0.5) is 0 Å². The second-order valence-corrected chi connectivity index (χ2v) is 25.5. The first-order valence-corrected chi connectivity index (χ1v) is 30.5. The molecule has 0 N–H and O–H groups in total. The molecule has 2 aliphatic carbocycles. The van der Waals surface area contributed by atoms with Crippen molar-refractivity contribution in [3.8, 4) is 113 Å². The van der Waals surface area contributed by atoms with E-state index in [4.69, 9.17) is 29.9 Å². The first-order chi connectivity index (χ1) is 42.6. The zero-order valence-corrected chi connectivity index (χ0v) is 51.1. The van der Waals surface area contributed by atoms with E-state index in [1.165, 1.54) is 72.1 Å².